The largest absolute Gasteiger partial charge is 0.478 e. The molecule has 1 rings (SSSR count). The molecule has 0 fully saturated rings. The lowest BCUT2D eigenvalue weighted by Crippen LogP contribution is -2.35. The number of carbonyl (C=O) groups is 2. The summed E-state index contributed by atoms with van der Waals surface area (Å²) in [5, 5.41) is 12.4. The summed E-state index contributed by atoms with van der Waals surface area (Å²) >= 11 is 1.31. The van der Waals surface area contributed by atoms with E-state index in [1.807, 2.05) is 13.8 Å². The van der Waals surface area contributed by atoms with E-state index in [0.29, 0.717) is 18.1 Å². The number of aromatic carboxylic acids is 1. The van der Waals surface area contributed by atoms with Crippen molar-refractivity contribution in [3.63, 3.8) is 0 Å². The monoisotopic (exact) mass is 298 g/mol. The first-order valence-electron chi connectivity index (χ1n) is 6.81. The topological polar surface area (TPSA) is 69.6 Å². The molecular weight excluding hydrogens is 276 g/mol. The number of urea groups is 1. The van der Waals surface area contributed by atoms with Crippen LogP contribution >= 0.6 is 11.3 Å². The van der Waals surface area contributed by atoms with Gasteiger partial charge < -0.3 is 10.0 Å². The molecule has 1 aromatic heterocycles. The number of hydrogen-bond acceptors (Lipinski definition) is 3. The van der Waals surface area contributed by atoms with Crippen LogP contribution in [0.2, 0.25) is 0 Å². The maximum Gasteiger partial charge on any atom is 0.338 e. The number of carboxylic acid groups (broad SMARTS) is 1. The van der Waals surface area contributed by atoms with E-state index >= 15 is 0 Å². The van der Waals surface area contributed by atoms with Crippen molar-refractivity contribution in [3.8, 4) is 0 Å². The Labute approximate surface area is 123 Å². The Morgan fingerprint density at radius 2 is 1.95 bits per heavy atom. The molecule has 0 saturated heterocycles. The van der Waals surface area contributed by atoms with Crippen molar-refractivity contribution >= 4 is 28.3 Å². The molecule has 1 aromatic rings. The highest BCUT2D eigenvalue weighted by atomic mass is 32.1. The minimum atomic E-state index is -1.00. The number of thiophene rings is 1. The fourth-order valence-corrected chi connectivity index (χ4v) is 2.94. The Kier molecular flexibility index (Phi) is 6.01. The molecule has 2 N–H and O–H groups in total. The van der Waals surface area contributed by atoms with E-state index in [0.717, 1.165) is 23.3 Å². The Bertz CT molecular complexity index is 497. The fourth-order valence-electron chi connectivity index (χ4n) is 1.90. The van der Waals surface area contributed by atoms with Gasteiger partial charge in [0.15, 0.2) is 0 Å². The molecule has 1 heterocycles. The van der Waals surface area contributed by atoms with E-state index in [9.17, 15) is 14.7 Å². The lowest BCUT2D eigenvalue weighted by molar-refractivity contribution is 0.0697. The zero-order valence-corrected chi connectivity index (χ0v) is 13.3. The standard InChI is InChI=1S/C14H22N2O3S/c1-5-7-8-16(6-2)14(19)15-12-11(13(17)18)9(3)10(4)20-12/h5-8H2,1-4H3,(H,15,19)(H,17,18). The van der Waals surface area contributed by atoms with Gasteiger partial charge in [0.1, 0.15) is 5.00 Å². The van der Waals surface area contributed by atoms with Gasteiger partial charge in [0.05, 0.1) is 5.56 Å². The van der Waals surface area contributed by atoms with Crippen molar-refractivity contribution in [2.45, 2.75) is 40.5 Å². The third-order valence-electron chi connectivity index (χ3n) is 3.27. The van der Waals surface area contributed by atoms with E-state index in [1.165, 1.54) is 11.3 Å². The number of unbranched alkanes of at least 4 members (excludes halogenated alkanes) is 1. The van der Waals surface area contributed by atoms with Crippen LogP contribution in [-0.4, -0.2) is 35.1 Å². The molecule has 6 heteroatoms. The first-order valence-corrected chi connectivity index (χ1v) is 7.63. The second kappa shape index (κ2) is 7.28. The van der Waals surface area contributed by atoms with E-state index in [2.05, 4.69) is 12.2 Å². The van der Waals surface area contributed by atoms with Crippen LogP contribution in [0.1, 0.15) is 47.5 Å². The number of carbonyl (C=O) groups excluding carboxylic acids is 1. The molecule has 112 valence electrons. The van der Waals surface area contributed by atoms with Gasteiger partial charge in [-0.3, -0.25) is 5.32 Å². The summed E-state index contributed by atoms with van der Waals surface area (Å²) in [5.41, 5.74) is 0.918. The van der Waals surface area contributed by atoms with Crippen molar-refractivity contribution in [1.82, 2.24) is 4.90 Å². The molecule has 0 unspecified atom stereocenters. The molecule has 0 spiro atoms. The summed E-state index contributed by atoms with van der Waals surface area (Å²) in [4.78, 5) is 26.1. The Balaban J connectivity index is 2.89. The van der Waals surface area contributed by atoms with Gasteiger partial charge in [-0.05, 0) is 32.8 Å². The van der Waals surface area contributed by atoms with Crippen molar-refractivity contribution in [3.05, 3.63) is 16.0 Å². The highest BCUT2D eigenvalue weighted by Crippen LogP contribution is 2.32. The molecule has 0 aromatic carbocycles. The highest BCUT2D eigenvalue weighted by molar-refractivity contribution is 7.16. The van der Waals surface area contributed by atoms with E-state index in [-0.39, 0.29) is 11.6 Å². The van der Waals surface area contributed by atoms with Crippen molar-refractivity contribution in [2.75, 3.05) is 18.4 Å². The van der Waals surface area contributed by atoms with E-state index in [1.54, 1.807) is 11.8 Å². The molecule has 0 radical (unpaired) electrons. The lowest BCUT2D eigenvalue weighted by atomic mass is 10.1. The first kappa shape index (κ1) is 16.5. The second-order valence-corrected chi connectivity index (χ2v) is 5.88. The van der Waals surface area contributed by atoms with E-state index < -0.39 is 5.97 Å². The Morgan fingerprint density at radius 1 is 1.30 bits per heavy atom. The van der Waals surface area contributed by atoms with Gasteiger partial charge >= 0.3 is 12.0 Å². The quantitative estimate of drug-likeness (QED) is 0.841. The fraction of sp³-hybridized carbons (Fsp3) is 0.571. The van der Waals surface area contributed by atoms with Gasteiger partial charge in [0, 0.05) is 18.0 Å². The average Bonchev–Trinajstić information content (AvgIpc) is 2.65. The molecule has 0 aliphatic rings. The van der Waals surface area contributed by atoms with Crippen molar-refractivity contribution in [1.29, 1.82) is 0 Å². The van der Waals surface area contributed by atoms with Gasteiger partial charge in [0.2, 0.25) is 0 Å². The van der Waals surface area contributed by atoms with Gasteiger partial charge in [-0.1, -0.05) is 13.3 Å². The van der Waals surface area contributed by atoms with Crippen LogP contribution in [-0.2, 0) is 0 Å². The number of amides is 2. The summed E-state index contributed by atoms with van der Waals surface area (Å²) in [6.45, 7) is 8.90. The molecule has 0 saturated carbocycles. The summed E-state index contributed by atoms with van der Waals surface area (Å²) in [6.07, 6.45) is 1.96. The van der Waals surface area contributed by atoms with Crippen molar-refractivity contribution < 1.29 is 14.7 Å². The third kappa shape index (κ3) is 3.72. The summed E-state index contributed by atoms with van der Waals surface area (Å²) in [5.74, 6) is -1.00. The number of hydrogen-bond donors (Lipinski definition) is 2. The zero-order chi connectivity index (χ0) is 15.3. The van der Waals surface area contributed by atoms with Gasteiger partial charge in [-0.25, -0.2) is 9.59 Å². The second-order valence-electron chi connectivity index (χ2n) is 4.66. The minimum Gasteiger partial charge on any atom is -0.478 e. The number of aryl methyl sites for hydroxylation is 1. The summed E-state index contributed by atoms with van der Waals surface area (Å²) in [7, 11) is 0. The molecule has 0 atom stereocenters. The SMILES string of the molecule is CCCCN(CC)C(=O)Nc1sc(C)c(C)c1C(=O)O. The lowest BCUT2D eigenvalue weighted by Gasteiger charge is -2.20. The molecule has 20 heavy (non-hydrogen) atoms. The number of nitrogens with zero attached hydrogens (tertiary/aromatic N) is 1. The zero-order valence-electron chi connectivity index (χ0n) is 12.4. The highest BCUT2D eigenvalue weighted by Gasteiger charge is 2.21. The van der Waals surface area contributed by atoms with Crippen molar-refractivity contribution in [2.24, 2.45) is 0 Å². The molecule has 0 bridgehead atoms. The van der Waals surface area contributed by atoms with Crippen LogP contribution < -0.4 is 5.32 Å². The average molecular weight is 298 g/mol. The minimum absolute atomic E-state index is 0.201. The first-order chi connectivity index (χ1) is 9.42. The number of nitrogens with one attached hydrogen (secondary N) is 1. The smallest absolute Gasteiger partial charge is 0.338 e. The Hall–Kier alpha value is -1.56. The summed E-state index contributed by atoms with van der Waals surface area (Å²) < 4.78 is 0. The van der Waals surface area contributed by atoms with Gasteiger partial charge in [-0.15, -0.1) is 11.3 Å². The van der Waals surface area contributed by atoms with E-state index in [4.69, 9.17) is 0 Å². The predicted molar refractivity (Wildman–Crippen MR) is 81.9 cm³/mol. The maximum atomic E-state index is 12.2. The number of anilines is 1. The molecular formula is C14H22N2O3S. The maximum absolute atomic E-state index is 12.2. The number of carboxylic acids is 1. The van der Waals surface area contributed by atoms with Crippen LogP contribution in [0.4, 0.5) is 9.80 Å². The van der Waals surface area contributed by atoms with Crippen LogP contribution in [0.3, 0.4) is 0 Å². The molecule has 0 aliphatic carbocycles. The van der Waals surface area contributed by atoms with Gasteiger partial charge in [-0.2, -0.15) is 0 Å². The number of rotatable bonds is 6. The van der Waals surface area contributed by atoms with Gasteiger partial charge in [0.25, 0.3) is 0 Å². The van der Waals surface area contributed by atoms with Crippen LogP contribution in [0, 0.1) is 13.8 Å². The normalized spacial score (nSPS) is 10.4. The van der Waals surface area contributed by atoms with Crippen LogP contribution in [0.15, 0.2) is 0 Å². The Morgan fingerprint density at radius 3 is 2.45 bits per heavy atom. The molecule has 0 aliphatic heterocycles. The third-order valence-corrected chi connectivity index (χ3v) is 4.39. The predicted octanol–water partition coefficient (Wildman–Crippen LogP) is 3.72. The van der Waals surface area contributed by atoms with Crippen LogP contribution in [0.25, 0.3) is 0 Å². The summed E-state index contributed by atoms with van der Waals surface area (Å²) in [6, 6.07) is -0.232. The van der Waals surface area contributed by atoms with Crippen LogP contribution in [0.5, 0.6) is 0 Å². The molecule has 5 nitrogen and oxygen atoms in total. The molecule has 2 amide bonds.